The minimum atomic E-state index is -0.646. The van der Waals surface area contributed by atoms with Crippen molar-refractivity contribution in [1.82, 2.24) is 4.98 Å². The summed E-state index contributed by atoms with van der Waals surface area (Å²) < 4.78 is 9.88. The van der Waals surface area contributed by atoms with Crippen LogP contribution >= 0.6 is 0 Å². The first-order valence-electron chi connectivity index (χ1n) is 5.54. The van der Waals surface area contributed by atoms with E-state index < -0.39 is 11.5 Å². The lowest BCUT2D eigenvalue weighted by molar-refractivity contribution is 0.0599. The number of aromatic amines is 1. The predicted octanol–water partition coefficient (Wildman–Crippen LogP) is 1.71. The molecule has 1 N–H and O–H groups in total. The van der Waals surface area contributed by atoms with Crippen LogP contribution in [-0.4, -0.2) is 24.7 Å². The van der Waals surface area contributed by atoms with E-state index in [2.05, 4.69) is 9.72 Å². The second kappa shape index (κ2) is 4.91. The summed E-state index contributed by atoms with van der Waals surface area (Å²) in [6, 6.07) is 6.80. The summed E-state index contributed by atoms with van der Waals surface area (Å²) in [5.74, 6) is 0.0264. The number of esters is 1. The maximum atomic E-state index is 11.7. The highest BCUT2D eigenvalue weighted by atomic mass is 16.5. The van der Waals surface area contributed by atoms with E-state index in [1.807, 2.05) is 6.92 Å². The van der Waals surface area contributed by atoms with Gasteiger partial charge in [0.05, 0.1) is 19.2 Å². The molecule has 0 aliphatic carbocycles. The second-order valence-corrected chi connectivity index (χ2v) is 3.69. The SMILES string of the molecule is CCOc1ccc2cc(C(=O)OC)c(=O)[nH]c2c1. The van der Waals surface area contributed by atoms with E-state index in [1.54, 1.807) is 18.2 Å². The van der Waals surface area contributed by atoms with Crippen LogP contribution in [-0.2, 0) is 4.74 Å². The van der Waals surface area contributed by atoms with Gasteiger partial charge in [-0.3, -0.25) is 4.79 Å². The van der Waals surface area contributed by atoms with Gasteiger partial charge in [0, 0.05) is 6.07 Å². The van der Waals surface area contributed by atoms with E-state index in [0.717, 1.165) is 5.39 Å². The summed E-state index contributed by atoms with van der Waals surface area (Å²) >= 11 is 0. The van der Waals surface area contributed by atoms with Crippen LogP contribution in [0.2, 0.25) is 0 Å². The lowest BCUT2D eigenvalue weighted by atomic mass is 10.1. The van der Waals surface area contributed by atoms with Crippen LogP contribution in [0.1, 0.15) is 17.3 Å². The molecule has 0 radical (unpaired) electrons. The quantitative estimate of drug-likeness (QED) is 0.838. The number of carbonyl (C=O) groups excluding carboxylic acids is 1. The third-order valence-corrected chi connectivity index (χ3v) is 2.53. The molecule has 0 amide bonds. The molecule has 0 saturated heterocycles. The lowest BCUT2D eigenvalue weighted by Crippen LogP contribution is -2.18. The van der Waals surface area contributed by atoms with Gasteiger partial charge in [-0.25, -0.2) is 4.79 Å². The predicted molar refractivity (Wildman–Crippen MR) is 67.1 cm³/mol. The fourth-order valence-electron chi connectivity index (χ4n) is 1.70. The number of hydrogen-bond donors (Lipinski definition) is 1. The van der Waals surface area contributed by atoms with E-state index in [1.165, 1.54) is 13.2 Å². The summed E-state index contributed by atoms with van der Waals surface area (Å²) in [5, 5.41) is 0.749. The van der Waals surface area contributed by atoms with E-state index in [9.17, 15) is 9.59 Å². The number of rotatable bonds is 3. The number of benzene rings is 1. The van der Waals surface area contributed by atoms with Gasteiger partial charge >= 0.3 is 5.97 Å². The van der Waals surface area contributed by atoms with Gasteiger partial charge in [0.15, 0.2) is 0 Å². The molecule has 2 aromatic rings. The Kier molecular flexibility index (Phi) is 3.32. The van der Waals surface area contributed by atoms with E-state index in [4.69, 9.17) is 4.74 Å². The molecular formula is C13H13NO4. The number of fused-ring (bicyclic) bond motifs is 1. The Morgan fingerprint density at radius 3 is 2.78 bits per heavy atom. The Labute approximate surface area is 103 Å². The van der Waals surface area contributed by atoms with Crippen molar-refractivity contribution in [2.75, 3.05) is 13.7 Å². The molecule has 94 valence electrons. The van der Waals surface area contributed by atoms with Crippen LogP contribution in [0.15, 0.2) is 29.1 Å². The van der Waals surface area contributed by atoms with Crippen LogP contribution in [0, 0.1) is 0 Å². The normalized spacial score (nSPS) is 10.3. The number of methoxy groups -OCH3 is 1. The molecule has 5 heteroatoms. The standard InChI is InChI=1S/C13H13NO4/c1-3-18-9-5-4-8-6-10(13(16)17-2)12(15)14-11(8)7-9/h4-7H,3H2,1-2H3,(H,14,15). The number of hydrogen-bond acceptors (Lipinski definition) is 4. The molecule has 18 heavy (non-hydrogen) atoms. The zero-order chi connectivity index (χ0) is 13.1. The molecule has 2 rings (SSSR count). The number of nitrogens with one attached hydrogen (secondary N) is 1. The molecule has 5 nitrogen and oxygen atoms in total. The van der Waals surface area contributed by atoms with Crippen molar-refractivity contribution in [3.63, 3.8) is 0 Å². The van der Waals surface area contributed by atoms with Gasteiger partial charge in [-0.05, 0) is 30.5 Å². The van der Waals surface area contributed by atoms with Crippen molar-refractivity contribution in [3.05, 3.63) is 40.2 Å². The Hall–Kier alpha value is -2.30. The van der Waals surface area contributed by atoms with Crippen LogP contribution in [0.3, 0.4) is 0 Å². The summed E-state index contributed by atoms with van der Waals surface area (Å²) in [6.07, 6.45) is 0. The molecule has 0 atom stereocenters. The second-order valence-electron chi connectivity index (χ2n) is 3.69. The van der Waals surface area contributed by atoms with Gasteiger partial charge in [0.25, 0.3) is 5.56 Å². The van der Waals surface area contributed by atoms with Crippen LogP contribution in [0.25, 0.3) is 10.9 Å². The van der Waals surface area contributed by atoms with Crippen molar-refractivity contribution in [2.24, 2.45) is 0 Å². The van der Waals surface area contributed by atoms with Crippen molar-refractivity contribution in [2.45, 2.75) is 6.92 Å². The summed E-state index contributed by atoms with van der Waals surface area (Å²) in [7, 11) is 1.24. The van der Waals surface area contributed by atoms with E-state index >= 15 is 0 Å². The number of H-pyrrole nitrogens is 1. The number of ether oxygens (including phenoxy) is 2. The smallest absolute Gasteiger partial charge is 0.343 e. The first-order chi connectivity index (χ1) is 8.65. The monoisotopic (exact) mass is 247 g/mol. The average Bonchev–Trinajstić information content (AvgIpc) is 2.37. The summed E-state index contributed by atoms with van der Waals surface area (Å²) in [5.41, 5.74) is 0.149. The molecule has 0 bridgehead atoms. The molecule has 0 aliphatic heterocycles. The third kappa shape index (κ3) is 2.20. The Bertz CT molecular complexity index is 645. The summed E-state index contributed by atoms with van der Waals surface area (Å²) in [4.78, 5) is 25.7. The third-order valence-electron chi connectivity index (χ3n) is 2.53. The van der Waals surface area contributed by atoms with Gasteiger partial charge in [-0.2, -0.15) is 0 Å². The minimum Gasteiger partial charge on any atom is -0.494 e. The highest BCUT2D eigenvalue weighted by Gasteiger charge is 2.12. The topological polar surface area (TPSA) is 68.4 Å². The Balaban J connectivity index is 2.57. The van der Waals surface area contributed by atoms with Crippen molar-refractivity contribution >= 4 is 16.9 Å². The number of pyridine rings is 1. The van der Waals surface area contributed by atoms with Crippen LogP contribution in [0.4, 0.5) is 0 Å². The molecule has 1 aromatic heterocycles. The van der Waals surface area contributed by atoms with Gasteiger partial charge in [-0.1, -0.05) is 0 Å². The van der Waals surface area contributed by atoms with Crippen molar-refractivity contribution in [1.29, 1.82) is 0 Å². The lowest BCUT2D eigenvalue weighted by Gasteiger charge is -2.05. The highest BCUT2D eigenvalue weighted by molar-refractivity contribution is 5.93. The van der Waals surface area contributed by atoms with Crippen molar-refractivity contribution < 1.29 is 14.3 Å². The first-order valence-corrected chi connectivity index (χ1v) is 5.54. The van der Waals surface area contributed by atoms with Crippen LogP contribution < -0.4 is 10.3 Å². The fraction of sp³-hybridized carbons (Fsp3) is 0.231. The maximum absolute atomic E-state index is 11.7. The average molecular weight is 247 g/mol. The molecule has 1 aromatic carbocycles. The zero-order valence-electron chi connectivity index (χ0n) is 10.1. The number of carbonyl (C=O) groups is 1. The van der Waals surface area contributed by atoms with E-state index in [0.29, 0.717) is 17.9 Å². The minimum absolute atomic E-state index is 0.00541. The van der Waals surface area contributed by atoms with Gasteiger partial charge in [0.1, 0.15) is 11.3 Å². The molecule has 1 heterocycles. The molecular weight excluding hydrogens is 234 g/mol. The van der Waals surface area contributed by atoms with Crippen molar-refractivity contribution in [3.8, 4) is 5.75 Å². The highest BCUT2D eigenvalue weighted by Crippen LogP contribution is 2.19. The molecule has 0 unspecified atom stereocenters. The fourth-order valence-corrected chi connectivity index (χ4v) is 1.70. The van der Waals surface area contributed by atoms with Gasteiger partial charge in [0.2, 0.25) is 0 Å². The maximum Gasteiger partial charge on any atom is 0.343 e. The summed E-state index contributed by atoms with van der Waals surface area (Å²) in [6.45, 7) is 2.43. The molecule has 0 saturated carbocycles. The zero-order valence-corrected chi connectivity index (χ0v) is 10.1. The van der Waals surface area contributed by atoms with E-state index in [-0.39, 0.29) is 5.56 Å². The largest absolute Gasteiger partial charge is 0.494 e. The Morgan fingerprint density at radius 1 is 1.33 bits per heavy atom. The molecule has 0 fully saturated rings. The molecule has 0 aliphatic rings. The van der Waals surface area contributed by atoms with Gasteiger partial charge in [-0.15, -0.1) is 0 Å². The van der Waals surface area contributed by atoms with Crippen LogP contribution in [0.5, 0.6) is 5.75 Å². The molecule has 0 spiro atoms. The first kappa shape index (κ1) is 12.2. The Morgan fingerprint density at radius 2 is 2.11 bits per heavy atom. The van der Waals surface area contributed by atoms with Gasteiger partial charge < -0.3 is 14.5 Å². The number of aromatic nitrogens is 1.